The lowest BCUT2D eigenvalue weighted by molar-refractivity contribution is 0.226. The first-order chi connectivity index (χ1) is 11.8. The first-order valence-electron chi connectivity index (χ1n) is 8.03. The van der Waals surface area contributed by atoms with E-state index in [1.807, 2.05) is 42.6 Å². The molecule has 4 nitrogen and oxygen atoms in total. The summed E-state index contributed by atoms with van der Waals surface area (Å²) in [7, 11) is 0. The summed E-state index contributed by atoms with van der Waals surface area (Å²) in [5.74, 6) is 0.236. The van der Waals surface area contributed by atoms with Crippen molar-refractivity contribution in [3.63, 3.8) is 0 Å². The van der Waals surface area contributed by atoms with Crippen LogP contribution >= 0.6 is 11.3 Å². The Bertz CT molecular complexity index is 746. The summed E-state index contributed by atoms with van der Waals surface area (Å²) in [6.45, 7) is 2.92. The molecule has 2 N–H and O–H groups in total. The predicted molar refractivity (Wildman–Crippen MR) is 97.9 cm³/mol. The number of aliphatic hydroxyl groups is 1. The zero-order valence-corrected chi connectivity index (χ0v) is 14.4. The van der Waals surface area contributed by atoms with E-state index in [1.165, 1.54) is 5.56 Å². The molecule has 2 aromatic heterocycles. The van der Waals surface area contributed by atoms with Gasteiger partial charge in [0.2, 0.25) is 0 Å². The first kappa shape index (κ1) is 16.8. The highest BCUT2D eigenvalue weighted by Gasteiger charge is 2.18. The van der Waals surface area contributed by atoms with Crippen LogP contribution in [0.3, 0.4) is 0 Å². The van der Waals surface area contributed by atoms with E-state index in [9.17, 15) is 5.11 Å². The number of nitrogens with zero attached hydrogens (tertiary/aromatic N) is 2. The average Bonchev–Trinajstić information content (AvgIpc) is 3.12. The van der Waals surface area contributed by atoms with Gasteiger partial charge in [0, 0.05) is 29.9 Å². The van der Waals surface area contributed by atoms with Crippen molar-refractivity contribution in [1.82, 2.24) is 15.3 Å². The van der Waals surface area contributed by atoms with Crippen LogP contribution < -0.4 is 5.32 Å². The van der Waals surface area contributed by atoms with E-state index < -0.39 is 0 Å². The molecule has 1 aromatic carbocycles. The molecule has 2 atom stereocenters. The van der Waals surface area contributed by atoms with Gasteiger partial charge in [-0.1, -0.05) is 43.3 Å². The molecule has 0 fully saturated rings. The second-order valence-electron chi connectivity index (χ2n) is 5.72. The van der Waals surface area contributed by atoms with E-state index in [2.05, 4.69) is 34.3 Å². The first-order valence-corrected chi connectivity index (χ1v) is 8.85. The number of thiazole rings is 1. The van der Waals surface area contributed by atoms with E-state index >= 15 is 0 Å². The summed E-state index contributed by atoms with van der Waals surface area (Å²) < 4.78 is 0. The SMILES string of the molecule is C[C@@H](c1ccccc1)[C@@H](CO)NCc1cnc(-c2ccccn2)s1. The summed E-state index contributed by atoms with van der Waals surface area (Å²) in [5, 5.41) is 14.1. The minimum atomic E-state index is 0.00722. The van der Waals surface area contributed by atoms with Crippen molar-refractivity contribution in [2.24, 2.45) is 0 Å². The third-order valence-corrected chi connectivity index (χ3v) is 5.12. The van der Waals surface area contributed by atoms with Crippen LogP contribution in [0.1, 0.15) is 23.3 Å². The summed E-state index contributed by atoms with van der Waals surface area (Å²) >= 11 is 1.63. The second kappa shape index (κ2) is 8.15. The van der Waals surface area contributed by atoms with Gasteiger partial charge in [-0.3, -0.25) is 4.98 Å². The maximum atomic E-state index is 9.73. The van der Waals surface area contributed by atoms with Gasteiger partial charge in [-0.15, -0.1) is 11.3 Å². The fourth-order valence-electron chi connectivity index (χ4n) is 2.62. The molecular weight excluding hydrogens is 318 g/mol. The Morgan fingerprint density at radius 2 is 1.88 bits per heavy atom. The largest absolute Gasteiger partial charge is 0.395 e. The number of pyridine rings is 1. The topological polar surface area (TPSA) is 58.0 Å². The number of hydrogen-bond donors (Lipinski definition) is 2. The van der Waals surface area contributed by atoms with E-state index in [0.29, 0.717) is 6.54 Å². The summed E-state index contributed by atoms with van der Waals surface area (Å²) in [6, 6.07) is 16.1. The van der Waals surface area contributed by atoms with Crippen LogP contribution in [0.15, 0.2) is 60.9 Å². The van der Waals surface area contributed by atoms with Gasteiger partial charge in [0.25, 0.3) is 0 Å². The van der Waals surface area contributed by atoms with Gasteiger partial charge in [0.15, 0.2) is 0 Å². The number of aliphatic hydroxyl groups excluding tert-OH is 1. The standard InChI is InChI=1S/C19H21N3OS/c1-14(15-7-3-2-4-8-15)18(13-23)21-11-16-12-22-19(24-16)17-9-5-6-10-20-17/h2-10,12,14,18,21,23H,11,13H2,1H3/t14-,18+/m0/s1. The molecule has 0 bridgehead atoms. The van der Waals surface area contributed by atoms with Gasteiger partial charge in [0.1, 0.15) is 5.01 Å². The zero-order valence-electron chi connectivity index (χ0n) is 13.6. The van der Waals surface area contributed by atoms with Crippen LogP contribution in [-0.2, 0) is 6.54 Å². The molecule has 124 valence electrons. The Balaban J connectivity index is 1.63. The van der Waals surface area contributed by atoms with Crippen molar-refractivity contribution >= 4 is 11.3 Å². The lowest BCUT2D eigenvalue weighted by Gasteiger charge is -2.23. The average molecular weight is 339 g/mol. The molecule has 0 aliphatic carbocycles. The van der Waals surface area contributed by atoms with E-state index in [0.717, 1.165) is 15.6 Å². The van der Waals surface area contributed by atoms with Crippen LogP contribution in [-0.4, -0.2) is 27.7 Å². The van der Waals surface area contributed by atoms with E-state index in [1.54, 1.807) is 17.5 Å². The Morgan fingerprint density at radius 1 is 1.08 bits per heavy atom. The van der Waals surface area contributed by atoms with Crippen molar-refractivity contribution in [3.05, 3.63) is 71.4 Å². The Kier molecular flexibility index (Phi) is 5.69. The van der Waals surface area contributed by atoms with Gasteiger partial charge < -0.3 is 10.4 Å². The summed E-state index contributed by atoms with van der Waals surface area (Å²) in [5.41, 5.74) is 2.12. The minimum Gasteiger partial charge on any atom is -0.395 e. The lowest BCUT2D eigenvalue weighted by atomic mass is 9.94. The fourth-order valence-corrected chi connectivity index (χ4v) is 3.46. The highest BCUT2D eigenvalue weighted by atomic mass is 32.1. The molecule has 0 saturated carbocycles. The summed E-state index contributed by atoms with van der Waals surface area (Å²) in [6.07, 6.45) is 3.65. The third-order valence-electron chi connectivity index (χ3n) is 4.10. The van der Waals surface area contributed by atoms with Gasteiger partial charge in [-0.25, -0.2) is 4.98 Å². The molecule has 0 aliphatic rings. The molecule has 5 heteroatoms. The number of nitrogens with one attached hydrogen (secondary N) is 1. The van der Waals surface area contributed by atoms with E-state index in [-0.39, 0.29) is 18.6 Å². The molecule has 0 amide bonds. The van der Waals surface area contributed by atoms with Gasteiger partial charge >= 0.3 is 0 Å². The monoisotopic (exact) mass is 339 g/mol. The third kappa shape index (κ3) is 4.06. The van der Waals surface area contributed by atoms with Gasteiger partial charge in [-0.2, -0.15) is 0 Å². The van der Waals surface area contributed by atoms with Crippen molar-refractivity contribution in [2.75, 3.05) is 6.61 Å². The Morgan fingerprint density at radius 3 is 2.58 bits per heavy atom. The molecule has 0 unspecified atom stereocenters. The molecule has 0 saturated heterocycles. The number of aromatic nitrogens is 2. The fraction of sp³-hybridized carbons (Fsp3) is 0.263. The molecule has 0 spiro atoms. The maximum absolute atomic E-state index is 9.73. The van der Waals surface area contributed by atoms with Crippen LogP contribution in [0.4, 0.5) is 0 Å². The van der Waals surface area contributed by atoms with Crippen molar-refractivity contribution in [2.45, 2.75) is 25.4 Å². The molecular formula is C19H21N3OS. The number of hydrogen-bond acceptors (Lipinski definition) is 5. The molecule has 0 aliphatic heterocycles. The number of benzene rings is 1. The lowest BCUT2D eigenvalue weighted by Crippen LogP contribution is -2.36. The molecule has 3 rings (SSSR count). The maximum Gasteiger partial charge on any atom is 0.142 e. The predicted octanol–water partition coefficient (Wildman–Crippen LogP) is 3.46. The van der Waals surface area contributed by atoms with Crippen molar-refractivity contribution in [1.29, 1.82) is 0 Å². The minimum absolute atomic E-state index is 0.00722. The van der Waals surface area contributed by atoms with Crippen LogP contribution in [0.5, 0.6) is 0 Å². The van der Waals surface area contributed by atoms with E-state index in [4.69, 9.17) is 0 Å². The number of rotatable bonds is 7. The van der Waals surface area contributed by atoms with Crippen molar-refractivity contribution < 1.29 is 5.11 Å². The van der Waals surface area contributed by atoms with Crippen LogP contribution in [0.25, 0.3) is 10.7 Å². The zero-order chi connectivity index (χ0) is 16.8. The molecule has 24 heavy (non-hydrogen) atoms. The highest BCUT2D eigenvalue weighted by molar-refractivity contribution is 7.14. The van der Waals surface area contributed by atoms with Crippen LogP contribution in [0, 0.1) is 0 Å². The molecule has 3 aromatic rings. The normalized spacial score (nSPS) is 13.6. The Hall–Kier alpha value is -2.08. The van der Waals surface area contributed by atoms with Gasteiger partial charge in [0.05, 0.1) is 12.3 Å². The highest BCUT2D eigenvalue weighted by Crippen LogP contribution is 2.24. The van der Waals surface area contributed by atoms with Crippen LogP contribution in [0.2, 0.25) is 0 Å². The smallest absolute Gasteiger partial charge is 0.142 e. The molecule has 0 radical (unpaired) electrons. The second-order valence-corrected chi connectivity index (χ2v) is 6.83. The van der Waals surface area contributed by atoms with Gasteiger partial charge in [-0.05, 0) is 23.6 Å². The molecule has 2 heterocycles. The van der Waals surface area contributed by atoms with Crippen molar-refractivity contribution in [3.8, 4) is 10.7 Å². The summed E-state index contributed by atoms with van der Waals surface area (Å²) in [4.78, 5) is 9.91. The quantitative estimate of drug-likeness (QED) is 0.692. The Labute approximate surface area is 146 Å².